The lowest BCUT2D eigenvalue weighted by molar-refractivity contribution is -0.714. The Morgan fingerprint density at radius 3 is 1.22 bits per heavy atom. The third kappa shape index (κ3) is 32.0. The predicted octanol–water partition coefficient (Wildman–Crippen LogP) is 14.2. The minimum Gasteiger partial charge on any atom is -0.707 e. The summed E-state index contributed by atoms with van der Waals surface area (Å²) in [6.45, 7) is 4.75. The second-order valence-electron chi connectivity index (χ2n) is 22.6. The van der Waals surface area contributed by atoms with Crippen LogP contribution < -0.4 is 69.0 Å². The first kappa shape index (κ1) is 93.7. The van der Waals surface area contributed by atoms with Gasteiger partial charge in [0.05, 0.1) is 51.4 Å². The topological polar surface area (TPSA) is 342 Å². The number of aromatic nitrogens is 9. The van der Waals surface area contributed by atoms with Crippen LogP contribution in [0.3, 0.4) is 0 Å². The number of rotatable bonds is 20. The van der Waals surface area contributed by atoms with Gasteiger partial charge in [0.2, 0.25) is 15.4 Å². The number of aryl methyl sites for hydroxylation is 7. The first-order chi connectivity index (χ1) is 48.4. The molecule has 32 nitrogen and oxygen atoms in total. The molecule has 0 aliphatic rings. The van der Waals surface area contributed by atoms with Crippen LogP contribution in [0, 0.1) is 25.2 Å². The van der Waals surface area contributed by atoms with Crippen molar-refractivity contribution in [2.24, 2.45) is 86.4 Å². The summed E-state index contributed by atoms with van der Waals surface area (Å²) < 4.78 is 30.3. The average Bonchev–Trinajstić information content (AvgIpc) is 1.74. The molecule has 0 saturated carbocycles. The molecule has 0 bridgehead atoms. The second kappa shape index (κ2) is 46.5. The zero-order valence-corrected chi connectivity index (χ0v) is 65.7. The lowest BCUT2D eigenvalue weighted by atomic mass is 10.1. The van der Waals surface area contributed by atoms with Crippen LogP contribution in [0.5, 0.6) is 0 Å². The molecule has 0 aliphatic carbocycles. The summed E-state index contributed by atoms with van der Waals surface area (Å²) in [7, 11) is 29.4. The molecule has 0 radical (unpaired) electrons. The maximum atomic E-state index is 9.47. The molecule has 572 valence electrons. The van der Waals surface area contributed by atoms with Crippen LogP contribution in [0.4, 0.5) is 97.9 Å². The molecule has 0 unspecified atom stereocenters. The fourth-order valence-corrected chi connectivity index (χ4v) is 11.3. The van der Waals surface area contributed by atoms with E-state index in [1.165, 1.54) is 56.6 Å². The zero-order chi connectivity index (χ0) is 75.2. The van der Waals surface area contributed by atoms with Gasteiger partial charge in [-0.05, 0) is 217 Å². The third-order valence-corrected chi connectivity index (χ3v) is 18.2. The van der Waals surface area contributed by atoms with Gasteiger partial charge in [-0.2, -0.15) is 5.26 Å². The zero-order valence-electron chi connectivity index (χ0n) is 60.8. The van der Waals surface area contributed by atoms with Crippen molar-refractivity contribution in [3.05, 3.63) is 137 Å². The largest absolute Gasteiger partial charge is 0.707 e. The molecule has 0 fully saturated rings. The van der Waals surface area contributed by atoms with Gasteiger partial charge in [-0.25, -0.2) is 13.0 Å². The van der Waals surface area contributed by atoms with E-state index in [1.54, 1.807) is 37.1 Å². The van der Waals surface area contributed by atoms with Gasteiger partial charge >= 0.3 is 25.7 Å². The normalized spacial score (nSPS) is 10.6. The highest BCUT2D eigenvalue weighted by Gasteiger charge is 2.19. The Morgan fingerprint density at radius 2 is 0.887 bits per heavy atom. The lowest BCUT2D eigenvalue weighted by Gasteiger charge is -2.17. The average molecular weight is 1570 g/mol. The number of nitrogens with two attached hydrogens (primary N) is 1. The van der Waals surface area contributed by atoms with Crippen molar-refractivity contribution < 1.29 is 41.3 Å². The van der Waals surface area contributed by atoms with Crippen molar-refractivity contribution in [3.8, 4) is 6.07 Å². The molecule has 0 spiro atoms. The van der Waals surface area contributed by atoms with Crippen molar-refractivity contribution in [1.82, 2.24) is 20.4 Å². The van der Waals surface area contributed by atoms with Crippen LogP contribution in [0.15, 0.2) is 178 Å². The molecular weight excluding hydrogens is 1470 g/mol. The maximum Gasteiger partial charge on any atom is 0.431 e. The summed E-state index contributed by atoms with van der Waals surface area (Å²) in [5.74, 6) is 0. The molecule has 0 aliphatic heterocycles. The number of nitrogens with zero attached hydrogens (tertiary/aromatic N) is 26. The molecule has 5 aromatic carbocycles. The Bertz CT molecular complexity index is 4440. The van der Waals surface area contributed by atoms with Crippen LogP contribution in [0.1, 0.15) is 46.7 Å². The van der Waals surface area contributed by atoms with Crippen molar-refractivity contribution in [1.29, 1.82) is 5.26 Å². The molecule has 10 rings (SSSR count). The molecule has 38 heteroatoms. The first-order valence-corrected chi connectivity index (χ1v) is 36.7. The quantitative estimate of drug-likeness (QED) is 0.0310. The van der Waals surface area contributed by atoms with E-state index in [2.05, 4.69) is 105 Å². The highest BCUT2D eigenvalue weighted by molar-refractivity contribution is 7.85. The summed E-state index contributed by atoms with van der Waals surface area (Å²) in [4.78, 5) is 12.2. The molecular formula is C68H104N28O4S6+4. The number of thiazole rings is 1. The first-order valence-electron chi connectivity index (χ1n) is 30.7. The molecule has 0 saturated heterocycles. The van der Waals surface area contributed by atoms with E-state index in [9.17, 15) is 8.42 Å². The molecule has 5 aromatic heterocycles. The van der Waals surface area contributed by atoms with Gasteiger partial charge in [-0.3, -0.25) is 0 Å². The van der Waals surface area contributed by atoms with Crippen LogP contribution in [-0.2, 0) is 49.7 Å². The molecule has 0 amide bonds. The Balaban J connectivity index is 0.000000644. The Hall–Kier alpha value is -10.3. The highest BCUT2D eigenvalue weighted by Crippen LogP contribution is 2.30. The molecule has 10 aromatic rings. The van der Waals surface area contributed by atoms with E-state index in [-0.39, 0.29) is 29.7 Å². The van der Waals surface area contributed by atoms with Gasteiger partial charge < -0.3 is 50.0 Å². The summed E-state index contributed by atoms with van der Waals surface area (Å²) >= 11 is 7.34. The van der Waals surface area contributed by atoms with Gasteiger partial charge in [-0.1, -0.05) is 50.1 Å². The van der Waals surface area contributed by atoms with Crippen molar-refractivity contribution in [2.45, 2.75) is 50.0 Å². The number of hydrogen-bond acceptors (Lipinski definition) is 32. The fourth-order valence-electron chi connectivity index (χ4n) is 7.86. The second-order valence-corrected chi connectivity index (χ2v) is 29.1. The van der Waals surface area contributed by atoms with Gasteiger partial charge in [0.15, 0.2) is 0 Å². The van der Waals surface area contributed by atoms with E-state index in [0.717, 1.165) is 93.5 Å². The number of benzene rings is 5. The number of nitrogen functional groups attached to an aromatic ring is 1. The van der Waals surface area contributed by atoms with E-state index >= 15 is 0 Å². The number of hydrogen-bond donors (Lipinski definition) is 2. The number of anilines is 8. The Kier molecular flexibility index (Phi) is 41.2. The SMILES string of the molecule is C.C.C.C.CN(C)c1ccc(N=Nc2sc(N(C)C)n[n+]2C)cc1.CN(C)c1ccc(N=Nc2sc(N)n[n+]2C)cc1.CN(CCC#N)c1ccc(N=Nc2scc[n+]2C)cc1.CNc1n[n+](C)c(N=Nc2ccc(N(C)C)c(C)c2)s1.CS(=O)(=O)O[O-].Cc1n[n+](C)c(N=Nc2ccc(N(C)C)cc2)s1. The minimum absolute atomic E-state index is 0. The summed E-state index contributed by atoms with van der Waals surface area (Å²) in [6.07, 6.45) is 3.15. The van der Waals surface area contributed by atoms with Crippen LogP contribution in [-0.4, -0.2) is 126 Å². The third-order valence-electron chi connectivity index (χ3n) is 13.3. The molecule has 106 heavy (non-hydrogen) atoms. The predicted molar refractivity (Wildman–Crippen MR) is 433 cm³/mol. The number of nitriles is 1. The molecule has 0 atom stereocenters. The molecule has 3 N–H and O–H groups in total. The maximum absolute atomic E-state index is 9.47. The van der Waals surface area contributed by atoms with Crippen LogP contribution in [0.2, 0.25) is 0 Å². The van der Waals surface area contributed by atoms with E-state index < -0.39 is 10.1 Å². The molecule has 5 heterocycles. The number of azo groups is 5. The monoisotopic (exact) mass is 1570 g/mol. The van der Waals surface area contributed by atoms with Crippen LogP contribution >= 0.6 is 56.7 Å². The summed E-state index contributed by atoms with van der Waals surface area (Å²) in [6, 6.07) is 39.7. The van der Waals surface area contributed by atoms with E-state index in [0.29, 0.717) is 22.9 Å². The smallest absolute Gasteiger partial charge is 0.431 e. The van der Waals surface area contributed by atoms with Crippen molar-refractivity contribution in [3.63, 3.8) is 0 Å². The van der Waals surface area contributed by atoms with E-state index in [1.807, 2.05) is 270 Å². The summed E-state index contributed by atoms with van der Waals surface area (Å²) in [5.41, 5.74) is 16.5. The van der Waals surface area contributed by atoms with Gasteiger partial charge in [0.25, 0.3) is 10.1 Å². The van der Waals surface area contributed by atoms with Gasteiger partial charge in [0.1, 0.15) is 67.8 Å². The van der Waals surface area contributed by atoms with Crippen LogP contribution in [0.25, 0.3) is 0 Å². The Morgan fingerprint density at radius 1 is 0.509 bits per heavy atom. The number of nitrogens with one attached hydrogen (secondary N) is 1. The van der Waals surface area contributed by atoms with Crippen molar-refractivity contribution >= 4 is 165 Å². The Labute approximate surface area is 645 Å². The minimum atomic E-state index is -3.72. The lowest BCUT2D eigenvalue weighted by Crippen LogP contribution is -2.30. The highest BCUT2D eigenvalue weighted by atomic mass is 32.2. The standard InChI is InChI=1S/C14H16N5S.2C13H19N6S.C12H16N5S.C11H15N6S.CH4O4S.4CH4/c1-18(9-3-8-15)13-6-4-12(5-7-13)16-17-14-19(2)10-11-20-14;1-17(2)11-8-6-10(7-9-11)14-15-12-19(5)16-13(20-12)18(3)4;1-9-8-10(6-7-11(9)18(3)4)15-16-13-19(5)17-12(14-2)20-13;1-9-15-17(4)12(18-9)14-13-10-5-7-11(8-6-10)16(2)3;1-16(2)9-6-4-8(5-7-9)13-14-11-17(3)15-10(12)18-11;1-6(3,4)5-2;;;;/h4-7,10-11H,3,9H2,1-2H3;6-9H,1-5H3;6-8H,1-5H3,(H,14,17);5-8H,1-4H3;4-7H,1-3H3,(H2,12,15);2H,1H3;4*1H4/q5*+1;;;;;/p-1. The van der Waals surface area contributed by atoms with Gasteiger partial charge in [0, 0.05) is 125 Å². The fraction of sp³-hybridized carbons (Fsp3) is 0.382. The van der Waals surface area contributed by atoms with Gasteiger partial charge in [-0.15, -0.1) is 18.7 Å². The summed E-state index contributed by atoms with van der Waals surface area (Å²) in [5, 5.41) is 88.5. The van der Waals surface area contributed by atoms with E-state index in [4.69, 9.17) is 16.3 Å². The van der Waals surface area contributed by atoms with Crippen molar-refractivity contribution in [2.75, 3.05) is 138 Å².